The van der Waals surface area contributed by atoms with Crippen molar-refractivity contribution in [1.29, 1.82) is 0 Å². The number of fused-ring (bicyclic) bond motifs is 3. The normalized spacial score (nSPS) is 17.9. The number of aliphatic imine (C=N–C) groups is 1. The van der Waals surface area contributed by atoms with E-state index in [1.54, 1.807) is 0 Å². The minimum absolute atomic E-state index is 0.195. The van der Waals surface area contributed by atoms with E-state index >= 15 is 0 Å². The predicted octanol–water partition coefficient (Wildman–Crippen LogP) is 12.7. The third-order valence-electron chi connectivity index (χ3n) is 10.1. The van der Waals surface area contributed by atoms with Gasteiger partial charge in [-0.2, -0.15) is 0 Å². The molecule has 0 spiro atoms. The molecule has 1 aliphatic rings. The summed E-state index contributed by atoms with van der Waals surface area (Å²) in [6.07, 6.45) is 16.5. The van der Waals surface area contributed by atoms with Gasteiger partial charge in [-0.05, 0) is 130 Å². The van der Waals surface area contributed by atoms with Gasteiger partial charge in [-0.25, -0.2) is 0 Å². The van der Waals surface area contributed by atoms with E-state index in [-0.39, 0.29) is 6.04 Å². The number of pyridine rings is 1. The Morgan fingerprint density at radius 2 is 1.48 bits per heavy atom. The molecule has 2 nitrogen and oxygen atoms in total. The summed E-state index contributed by atoms with van der Waals surface area (Å²) in [7, 11) is 0. The minimum Gasteiger partial charge on any atom is -0.288 e. The van der Waals surface area contributed by atoms with Gasteiger partial charge in [-0.3, -0.25) is 9.98 Å². The van der Waals surface area contributed by atoms with Crippen molar-refractivity contribution in [1.82, 2.24) is 4.98 Å². The zero-order valence-corrected chi connectivity index (χ0v) is 28.5. The molecule has 0 amide bonds. The molecule has 6 aromatic rings. The Bertz CT molecular complexity index is 2160. The fraction of sp³-hybridized carbons (Fsp3) is 0.217. The van der Waals surface area contributed by atoms with Gasteiger partial charge in [-0.15, -0.1) is 0 Å². The Labute approximate surface area is 285 Å². The molecule has 1 aliphatic heterocycles. The lowest BCUT2D eigenvalue weighted by Gasteiger charge is -2.26. The van der Waals surface area contributed by atoms with Crippen LogP contribution in [0.25, 0.3) is 49.0 Å². The van der Waals surface area contributed by atoms with Crippen LogP contribution in [0.4, 0.5) is 0 Å². The van der Waals surface area contributed by atoms with Crippen molar-refractivity contribution in [3.63, 3.8) is 0 Å². The van der Waals surface area contributed by atoms with Crippen LogP contribution >= 0.6 is 0 Å². The maximum Gasteiger partial charge on any atom is 0.0915 e. The summed E-state index contributed by atoms with van der Waals surface area (Å²) < 4.78 is 0. The Balaban J connectivity index is 1.25. The van der Waals surface area contributed by atoms with E-state index in [1.165, 1.54) is 65.7 Å². The van der Waals surface area contributed by atoms with Crippen LogP contribution in [0.15, 0.2) is 144 Å². The van der Waals surface area contributed by atoms with Crippen LogP contribution in [0.3, 0.4) is 0 Å². The summed E-state index contributed by atoms with van der Waals surface area (Å²) in [5.74, 6) is 1.02. The van der Waals surface area contributed by atoms with E-state index in [9.17, 15) is 0 Å². The van der Waals surface area contributed by atoms with Crippen molar-refractivity contribution >= 4 is 44.1 Å². The number of benzene rings is 5. The average Bonchev–Trinajstić information content (AvgIpc) is 3.13. The Kier molecular flexibility index (Phi) is 9.16. The van der Waals surface area contributed by atoms with E-state index in [0.717, 1.165) is 25.0 Å². The van der Waals surface area contributed by atoms with Crippen molar-refractivity contribution in [3.05, 3.63) is 156 Å². The monoisotopic (exact) mass is 624 g/mol. The third-order valence-corrected chi connectivity index (χ3v) is 10.1. The highest BCUT2D eigenvalue weighted by molar-refractivity contribution is 6.20. The second-order valence-electron chi connectivity index (χ2n) is 13.4. The van der Waals surface area contributed by atoms with Gasteiger partial charge in [-0.1, -0.05) is 122 Å². The molecule has 0 saturated carbocycles. The second kappa shape index (κ2) is 14.0. The highest BCUT2D eigenvalue weighted by Crippen LogP contribution is 2.43. The lowest BCUT2D eigenvalue weighted by molar-refractivity contribution is 0.392. The quantitative estimate of drug-likeness (QED) is 0.122. The van der Waals surface area contributed by atoms with Crippen LogP contribution in [-0.2, 0) is 0 Å². The highest BCUT2D eigenvalue weighted by atomic mass is 14.8. The van der Waals surface area contributed by atoms with Gasteiger partial charge in [0.1, 0.15) is 0 Å². The molecule has 2 heteroatoms. The molecule has 238 valence electrons. The van der Waals surface area contributed by atoms with Crippen molar-refractivity contribution in [2.24, 2.45) is 16.8 Å². The van der Waals surface area contributed by atoms with Gasteiger partial charge in [0.15, 0.2) is 0 Å². The molecular weight excluding hydrogens is 581 g/mol. The maximum atomic E-state index is 4.91. The molecule has 0 fully saturated rings. The summed E-state index contributed by atoms with van der Waals surface area (Å²) in [6, 6.07) is 37.9. The summed E-state index contributed by atoms with van der Waals surface area (Å²) >= 11 is 0. The van der Waals surface area contributed by atoms with E-state index in [0.29, 0.717) is 11.8 Å². The third kappa shape index (κ3) is 6.28. The van der Waals surface area contributed by atoms with E-state index in [1.807, 2.05) is 12.3 Å². The molecule has 0 saturated heterocycles. The Morgan fingerprint density at radius 1 is 0.792 bits per heavy atom. The first-order chi connectivity index (χ1) is 23.5. The van der Waals surface area contributed by atoms with Crippen LogP contribution in [0.1, 0.15) is 62.9 Å². The lowest BCUT2D eigenvalue weighted by Crippen LogP contribution is -2.18. The van der Waals surface area contributed by atoms with Crippen molar-refractivity contribution in [3.8, 4) is 11.1 Å². The number of allylic oxidation sites excluding steroid dienone is 6. The number of aryl methyl sites for hydroxylation is 1. The smallest absolute Gasteiger partial charge is 0.0915 e. The molecule has 1 aromatic heterocycles. The van der Waals surface area contributed by atoms with E-state index in [4.69, 9.17) is 4.99 Å². The van der Waals surface area contributed by atoms with Crippen molar-refractivity contribution in [2.45, 2.75) is 53.0 Å². The highest BCUT2D eigenvalue weighted by Gasteiger charge is 2.23. The van der Waals surface area contributed by atoms with Crippen LogP contribution in [-0.4, -0.2) is 11.2 Å². The number of rotatable bonds is 8. The maximum absolute atomic E-state index is 4.91. The number of nitrogens with zero attached hydrogens (tertiary/aromatic N) is 2. The molecule has 3 unspecified atom stereocenters. The van der Waals surface area contributed by atoms with E-state index < -0.39 is 0 Å². The molecule has 7 rings (SSSR count). The summed E-state index contributed by atoms with van der Waals surface area (Å²) in [5.41, 5.74) is 8.77. The predicted molar refractivity (Wildman–Crippen MR) is 208 cm³/mol. The van der Waals surface area contributed by atoms with Crippen LogP contribution in [0.5, 0.6) is 0 Å². The lowest BCUT2D eigenvalue weighted by atomic mass is 9.83. The Hall–Kier alpha value is -5.08. The standard InChI is InChI=1S/C46H44N2/c1-5-13-38(33(4)15-12-14-32(3)37-25-26-44(48-30-37)43-20-10-11-27-47-43)46-41-18-8-6-16-39(41)45(40-17-7-9-19-42(40)46)36-24-23-34-28-31(2)21-22-35(34)29-36/h5-13,15-24,27-30,32,37,44H,14,25-26H2,1-4H3/b13-5-,15-12-,38-33-. The second-order valence-corrected chi connectivity index (χ2v) is 13.4. The first-order valence-corrected chi connectivity index (χ1v) is 17.4. The van der Waals surface area contributed by atoms with Gasteiger partial charge in [0.2, 0.25) is 0 Å². The molecular formula is C46H44N2. The number of hydrogen-bond acceptors (Lipinski definition) is 2. The zero-order chi connectivity index (χ0) is 33.0. The first-order valence-electron chi connectivity index (χ1n) is 17.4. The molecule has 0 bridgehead atoms. The van der Waals surface area contributed by atoms with Gasteiger partial charge in [0, 0.05) is 12.4 Å². The largest absolute Gasteiger partial charge is 0.288 e. The average molecular weight is 625 g/mol. The zero-order valence-electron chi connectivity index (χ0n) is 28.5. The SMILES string of the molecule is C\C=C/C(=C(C)/C=C\CC(C)C1C=NC(c2ccccn2)CC1)c1c2ccccc2c(-c2ccc3cc(C)ccc3c2)c2ccccc12. The topological polar surface area (TPSA) is 25.2 Å². The molecule has 3 atom stereocenters. The molecule has 48 heavy (non-hydrogen) atoms. The van der Waals surface area contributed by atoms with Crippen LogP contribution < -0.4 is 0 Å². The number of aromatic nitrogens is 1. The minimum atomic E-state index is 0.195. The fourth-order valence-electron chi connectivity index (χ4n) is 7.50. The number of hydrogen-bond donors (Lipinski definition) is 0. The summed E-state index contributed by atoms with van der Waals surface area (Å²) in [6.45, 7) is 8.90. The fourth-order valence-corrected chi connectivity index (χ4v) is 7.50. The van der Waals surface area contributed by atoms with Gasteiger partial charge >= 0.3 is 0 Å². The van der Waals surface area contributed by atoms with E-state index in [2.05, 4.69) is 160 Å². The van der Waals surface area contributed by atoms with Crippen LogP contribution in [0, 0.1) is 18.8 Å². The van der Waals surface area contributed by atoms with Crippen LogP contribution in [0.2, 0.25) is 0 Å². The molecule has 0 radical (unpaired) electrons. The summed E-state index contributed by atoms with van der Waals surface area (Å²) in [5, 5.41) is 7.68. The van der Waals surface area contributed by atoms with Gasteiger partial charge in [0.25, 0.3) is 0 Å². The van der Waals surface area contributed by atoms with Crippen molar-refractivity contribution < 1.29 is 0 Å². The molecule has 0 N–H and O–H groups in total. The first kappa shape index (κ1) is 31.5. The molecule has 5 aromatic carbocycles. The Morgan fingerprint density at radius 3 is 2.15 bits per heavy atom. The molecule has 0 aliphatic carbocycles. The molecule has 2 heterocycles. The van der Waals surface area contributed by atoms with Crippen molar-refractivity contribution in [2.75, 3.05) is 0 Å². The van der Waals surface area contributed by atoms with Gasteiger partial charge < -0.3 is 0 Å². The summed E-state index contributed by atoms with van der Waals surface area (Å²) in [4.78, 5) is 9.45. The van der Waals surface area contributed by atoms with Gasteiger partial charge in [0.05, 0.1) is 11.7 Å².